The number of hydrogen-bond acceptors (Lipinski definition) is 1. The molecular weight excluding hydrogens is 298 g/mol. The maximum absolute atomic E-state index is 12.9. The van der Waals surface area contributed by atoms with Crippen LogP contribution in [0.2, 0.25) is 5.02 Å². The Balaban J connectivity index is 2.93. The predicted octanol–water partition coefficient (Wildman–Crippen LogP) is 3.73. The van der Waals surface area contributed by atoms with Gasteiger partial charge in [-0.2, -0.15) is 0 Å². The van der Waals surface area contributed by atoms with Gasteiger partial charge in [0.25, 0.3) is 0 Å². The average Bonchev–Trinajstić information content (AvgIpc) is 2.21. The lowest BCUT2D eigenvalue weighted by atomic mass is 10.3. The Bertz CT molecular complexity index is 391. The predicted molar refractivity (Wildman–Crippen MR) is 66.4 cm³/mol. The molecule has 16 heavy (non-hydrogen) atoms. The number of halogens is 3. The van der Waals surface area contributed by atoms with Gasteiger partial charge in [0.1, 0.15) is 5.82 Å². The highest BCUT2D eigenvalue weighted by molar-refractivity contribution is 9.10. The van der Waals surface area contributed by atoms with E-state index >= 15 is 0 Å². The van der Waals surface area contributed by atoms with E-state index in [2.05, 4.69) is 21.2 Å². The molecule has 0 fully saturated rings. The van der Waals surface area contributed by atoms with Crippen molar-refractivity contribution in [3.05, 3.63) is 27.4 Å². The largest absolute Gasteiger partial charge is 0.328 e. The Kier molecular flexibility index (Phi) is 4.56. The minimum absolute atomic E-state index is 0.157. The lowest BCUT2D eigenvalue weighted by Gasteiger charge is -2.17. The van der Waals surface area contributed by atoms with Crippen molar-refractivity contribution in [2.45, 2.75) is 6.92 Å². The first-order valence-electron chi connectivity index (χ1n) is 4.62. The standard InChI is InChI=1S/C10H11BrClFN2O/c1-3-15(2)10(16)14-9-7(11)4-6(13)5-8(9)12/h4-5H,3H2,1-2H3,(H,14,16). The molecule has 0 atom stereocenters. The Morgan fingerprint density at radius 1 is 1.62 bits per heavy atom. The number of carbonyl (C=O) groups excluding carboxylic acids is 1. The third-order valence-electron chi connectivity index (χ3n) is 2.06. The van der Waals surface area contributed by atoms with Crippen molar-refractivity contribution >= 4 is 39.2 Å². The molecule has 0 spiro atoms. The molecule has 0 saturated carbocycles. The maximum Gasteiger partial charge on any atom is 0.321 e. The first kappa shape index (κ1) is 13.3. The molecule has 0 saturated heterocycles. The zero-order valence-electron chi connectivity index (χ0n) is 8.85. The van der Waals surface area contributed by atoms with E-state index in [4.69, 9.17) is 11.6 Å². The molecule has 6 heteroatoms. The van der Waals surface area contributed by atoms with Gasteiger partial charge in [-0.25, -0.2) is 9.18 Å². The number of hydrogen-bond donors (Lipinski definition) is 1. The van der Waals surface area contributed by atoms with Crippen LogP contribution < -0.4 is 5.32 Å². The molecule has 0 bridgehead atoms. The van der Waals surface area contributed by atoms with E-state index in [1.54, 1.807) is 7.05 Å². The van der Waals surface area contributed by atoms with E-state index in [0.29, 0.717) is 16.7 Å². The molecule has 88 valence electrons. The SMILES string of the molecule is CCN(C)C(=O)Nc1c(Cl)cc(F)cc1Br. The summed E-state index contributed by atoms with van der Waals surface area (Å²) >= 11 is 8.96. The summed E-state index contributed by atoms with van der Waals surface area (Å²) in [5.74, 6) is -0.460. The molecule has 0 aromatic heterocycles. The van der Waals surface area contributed by atoms with Crippen LogP contribution >= 0.6 is 27.5 Å². The second-order valence-corrected chi connectivity index (χ2v) is 4.45. The van der Waals surface area contributed by atoms with Crippen molar-refractivity contribution < 1.29 is 9.18 Å². The number of rotatable bonds is 2. The molecule has 0 aliphatic heterocycles. The van der Waals surface area contributed by atoms with Crippen molar-refractivity contribution in [2.75, 3.05) is 18.9 Å². The minimum Gasteiger partial charge on any atom is -0.328 e. The number of urea groups is 1. The van der Waals surface area contributed by atoms with E-state index in [1.807, 2.05) is 6.92 Å². The van der Waals surface area contributed by atoms with Crippen molar-refractivity contribution in [2.24, 2.45) is 0 Å². The fraction of sp³-hybridized carbons (Fsp3) is 0.300. The summed E-state index contributed by atoms with van der Waals surface area (Å²) in [4.78, 5) is 13.1. The molecule has 0 radical (unpaired) electrons. The Hall–Kier alpha value is -0.810. The van der Waals surface area contributed by atoms with Gasteiger partial charge in [-0.1, -0.05) is 11.6 Å². The third-order valence-corrected chi connectivity index (χ3v) is 2.98. The van der Waals surface area contributed by atoms with Gasteiger partial charge < -0.3 is 10.2 Å². The smallest absolute Gasteiger partial charge is 0.321 e. The maximum atomic E-state index is 12.9. The molecule has 0 unspecified atom stereocenters. The van der Waals surface area contributed by atoms with E-state index in [-0.39, 0.29) is 11.1 Å². The molecule has 0 heterocycles. The van der Waals surface area contributed by atoms with E-state index in [9.17, 15) is 9.18 Å². The molecule has 1 N–H and O–H groups in total. The number of anilines is 1. The summed E-state index contributed by atoms with van der Waals surface area (Å²) < 4.78 is 13.3. The summed E-state index contributed by atoms with van der Waals surface area (Å²) in [5, 5.41) is 2.76. The Labute approximate surface area is 107 Å². The molecule has 1 rings (SSSR count). The highest BCUT2D eigenvalue weighted by Gasteiger charge is 2.13. The number of nitrogens with zero attached hydrogens (tertiary/aromatic N) is 1. The zero-order chi connectivity index (χ0) is 12.3. The van der Waals surface area contributed by atoms with E-state index in [0.717, 1.165) is 6.07 Å². The first-order chi connectivity index (χ1) is 7.45. The molecule has 0 aliphatic carbocycles. The third kappa shape index (κ3) is 3.09. The molecule has 1 aromatic carbocycles. The van der Waals surface area contributed by atoms with Gasteiger partial charge >= 0.3 is 6.03 Å². The lowest BCUT2D eigenvalue weighted by molar-refractivity contribution is 0.224. The van der Waals surface area contributed by atoms with Gasteiger partial charge in [0, 0.05) is 18.1 Å². The Morgan fingerprint density at radius 2 is 2.25 bits per heavy atom. The zero-order valence-corrected chi connectivity index (χ0v) is 11.2. The highest BCUT2D eigenvalue weighted by Crippen LogP contribution is 2.31. The van der Waals surface area contributed by atoms with Crippen LogP contribution in [0.15, 0.2) is 16.6 Å². The van der Waals surface area contributed by atoms with Gasteiger partial charge in [-0.3, -0.25) is 0 Å². The number of benzene rings is 1. The van der Waals surface area contributed by atoms with E-state index < -0.39 is 5.82 Å². The molecule has 1 aromatic rings. The summed E-state index contributed by atoms with van der Waals surface area (Å²) in [7, 11) is 1.65. The van der Waals surface area contributed by atoms with Gasteiger partial charge in [0.05, 0.1) is 10.7 Å². The summed E-state index contributed by atoms with van der Waals surface area (Å²) in [6, 6.07) is 2.10. The fourth-order valence-corrected chi connectivity index (χ4v) is 1.91. The first-order valence-corrected chi connectivity index (χ1v) is 5.79. The quantitative estimate of drug-likeness (QED) is 0.887. The highest BCUT2D eigenvalue weighted by atomic mass is 79.9. The van der Waals surface area contributed by atoms with Crippen LogP contribution in [-0.4, -0.2) is 24.5 Å². The molecule has 0 aliphatic rings. The van der Waals surface area contributed by atoms with Gasteiger partial charge in [0.2, 0.25) is 0 Å². The van der Waals surface area contributed by atoms with Crippen molar-refractivity contribution in [1.82, 2.24) is 4.90 Å². The van der Waals surface area contributed by atoms with Crippen LogP contribution in [0.1, 0.15) is 6.92 Å². The summed E-state index contributed by atoms with van der Waals surface area (Å²) in [6.45, 7) is 2.42. The van der Waals surface area contributed by atoms with Gasteiger partial charge in [-0.15, -0.1) is 0 Å². The van der Waals surface area contributed by atoms with Crippen molar-refractivity contribution in [3.63, 3.8) is 0 Å². The second-order valence-electron chi connectivity index (χ2n) is 3.19. The van der Waals surface area contributed by atoms with Crippen LogP contribution in [0.4, 0.5) is 14.9 Å². The number of nitrogens with one attached hydrogen (secondary N) is 1. The van der Waals surface area contributed by atoms with Crippen LogP contribution in [0.25, 0.3) is 0 Å². The van der Waals surface area contributed by atoms with Crippen LogP contribution in [0, 0.1) is 5.82 Å². The normalized spacial score (nSPS) is 10.1. The lowest BCUT2D eigenvalue weighted by Crippen LogP contribution is -2.31. The van der Waals surface area contributed by atoms with E-state index in [1.165, 1.54) is 11.0 Å². The molecule has 3 nitrogen and oxygen atoms in total. The van der Waals surface area contributed by atoms with Crippen molar-refractivity contribution in [3.8, 4) is 0 Å². The average molecular weight is 310 g/mol. The topological polar surface area (TPSA) is 32.3 Å². The Morgan fingerprint density at radius 3 is 2.75 bits per heavy atom. The number of carbonyl (C=O) groups is 1. The summed E-state index contributed by atoms with van der Waals surface area (Å²) in [5.41, 5.74) is 0.369. The van der Waals surface area contributed by atoms with Gasteiger partial charge in [-0.05, 0) is 35.0 Å². The van der Waals surface area contributed by atoms with Crippen molar-refractivity contribution in [1.29, 1.82) is 0 Å². The van der Waals surface area contributed by atoms with Crippen LogP contribution in [0.3, 0.4) is 0 Å². The second kappa shape index (κ2) is 5.50. The summed E-state index contributed by atoms with van der Waals surface area (Å²) in [6.07, 6.45) is 0. The monoisotopic (exact) mass is 308 g/mol. The van der Waals surface area contributed by atoms with Crippen LogP contribution in [-0.2, 0) is 0 Å². The fourth-order valence-electron chi connectivity index (χ4n) is 1.01. The number of amides is 2. The van der Waals surface area contributed by atoms with Gasteiger partial charge in [0.15, 0.2) is 0 Å². The van der Waals surface area contributed by atoms with Crippen LogP contribution in [0.5, 0.6) is 0 Å². The minimum atomic E-state index is -0.460. The molecular formula is C10H11BrClFN2O. The molecule has 2 amide bonds.